The van der Waals surface area contributed by atoms with Gasteiger partial charge >= 0.3 is 0 Å². The van der Waals surface area contributed by atoms with Crippen molar-refractivity contribution in [3.8, 4) is 0 Å². The largest absolute Gasteiger partial charge is 0.383 e. The van der Waals surface area contributed by atoms with Crippen LogP contribution in [0.1, 0.15) is 6.42 Å². The second-order valence-electron chi connectivity index (χ2n) is 4.45. The van der Waals surface area contributed by atoms with Crippen LogP contribution in [0, 0.1) is 11.6 Å². The minimum Gasteiger partial charge on any atom is -0.383 e. The highest BCUT2D eigenvalue weighted by atomic mass is 35.5. The van der Waals surface area contributed by atoms with Gasteiger partial charge in [-0.3, -0.25) is 4.79 Å². The Balaban J connectivity index is 1.87. The molecular formula is C15H12Cl2F2N2O. The minimum absolute atomic E-state index is 0.0628. The Hall–Kier alpha value is -1.85. The van der Waals surface area contributed by atoms with E-state index >= 15 is 0 Å². The highest BCUT2D eigenvalue weighted by Crippen LogP contribution is 2.29. The maximum atomic E-state index is 13.4. The fraction of sp³-hybridized carbons (Fsp3) is 0.133. The molecule has 2 N–H and O–H groups in total. The van der Waals surface area contributed by atoms with E-state index in [-0.39, 0.29) is 18.7 Å². The van der Waals surface area contributed by atoms with Crippen LogP contribution in [0.5, 0.6) is 0 Å². The molecule has 2 aromatic carbocycles. The van der Waals surface area contributed by atoms with Crippen molar-refractivity contribution in [2.45, 2.75) is 6.42 Å². The molecule has 1 amide bonds. The number of hydrogen-bond acceptors (Lipinski definition) is 2. The van der Waals surface area contributed by atoms with Crippen molar-refractivity contribution in [2.24, 2.45) is 0 Å². The predicted molar refractivity (Wildman–Crippen MR) is 84.6 cm³/mol. The van der Waals surface area contributed by atoms with E-state index in [1.54, 1.807) is 18.2 Å². The predicted octanol–water partition coefficient (Wildman–Crippen LogP) is 4.71. The number of benzene rings is 2. The minimum atomic E-state index is -0.820. The van der Waals surface area contributed by atoms with Crippen LogP contribution in [0.2, 0.25) is 10.0 Å². The van der Waals surface area contributed by atoms with Gasteiger partial charge in [0, 0.05) is 19.0 Å². The smallest absolute Gasteiger partial charge is 0.226 e. The fourth-order valence-electron chi connectivity index (χ4n) is 1.75. The molecule has 0 spiro atoms. The Morgan fingerprint density at radius 2 is 1.86 bits per heavy atom. The average molecular weight is 345 g/mol. The van der Waals surface area contributed by atoms with Gasteiger partial charge in [0.25, 0.3) is 0 Å². The van der Waals surface area contributed by atoms with Crippen LogP contribution in [0.25, 0.3) is 0 Å². The molecule has 2 aromatic rings. The summed E-state index contributed by atoms with van der Waals surface area (Å²) in [6.45, 7) is 0.286. The lowest BCUT2D eigenvalue weighted by atomic mass is 10.2. The van der Waals surface area contributed by atoms with Gasteiger partial charge in [0.05, 0.1) is 21.4 Å². The van der Waals surface area contributed by atoms with E-state index in [9.17, 15) is 13.6 Å². The molecule has 0 aliphatic carbocycles. The summed E-state index contributed by atoms with van der Waals surface area (Å²) in [5.41, 5.74) is 0.544. The van der Waals surface area contributed by atoms with Gasteiger partial charge in [-0.1, -0.05) is 29.3 Å². The summed E-state index contributed by atoms with van der Waals surface area (Å²) < 4.78 is 26.2. The topological polar surface area (TPSA) is 41.1 Å². The zero-order chi connectivity index (χ0) is 16.1. The third-order valence-electron chi connectivity index (χ3n) is 2.82. The SMILES string of the molecule is O=C(CCNc1cccc(Cl)c1Cl)Nc1ccc(F)cc1F. The number of rotatable bonds is 5. The van der Waals surface area contributed by atoms with Crippen molar-refractivity contribution >= 4 is 40.5 Å². The summed E-state index contributed by atoms with van der Waals surface area (Å²) in [4.78, 5) is 11.7. The van der Waals surface area contributed by atoms with Crippen LogP contribution in [-0.4, -0.2) is 12.5 Å². The maximum absolute atomic E-state index is 13.4. The van der Waals surface area contributed by atoms with Gasteiger partial charge in [-0.15, -0.1) is 0 Å². The quantitative estimate of drug-likeness (QED) is 0.824. The van der Waals surface area contributed by atoms with E-state index in [1.165, 1.54) is 6.07 Å². The van der Waals surface area contributed by atoms with Gasteiger partial charge in [-0.25, -0.2) is 8.78 Å². The summed E-state index contributed by atoms with van der Waals surface area (Å²) >= 11 is 11.9. The first-order valence-electron chi connectivity index (χ1n) is 6.40. The second-order valence-corrected chi connectivity index (χ2v) is 5.24. The van der Waals surface area contributed by atoms with Crippen LogP contribution in [0.3, 0.4) is 0 Å². The number of nitrogens with one attached hydrogen (secondary N) is 2. The molecule has 0 atom stereocenters. The van der Waals surface area contributed by atoms with Gasteiger partial charge in [0.15, 0.2) is 0 Å². The lowest BCUT2D eigenvalue weighted by molar-refractivity contribution is -0.116. The molecule has 0 radical (unpaired) electrons. The van der Waals surface area contributed by atoms with Crippen molar-refractivity contribution in [1.82, 2.24) is 0 Å². The van der Waals surface area contributed by atoms with Gasteiger partial charge in [0.1, 0.15) is 11.6 Å². The zero-order valence-corrected chi connectivity index (χ0v) is 12.8. The Morgan fingerprint density at radius 1 is 1.09 bits per heavy atom. The van der Waals surface area contributed by atoms with Crippen molar-refractivity contribution < 1.29 is 13.6 Å². The molecule has 116 valence electrons. The fourth-order valence-corrected chi connectivity index (χ4v) is 2.12. The zero-order valence-electron chi connectivity index (χ0n) is 11.3. The van der Waals surface area contributed by atoms with Gasteiger partial charge in [0.2, 0.25) is 5.91 Å². The van der Waals surface area contributed by atoms with Crippen molar-refractivity contribution in [3.05, 3.63) is 58.1 Å². The van der Waals surface area contributed by atoms with E-state index in [2.05, 4.69) is 10.6 Å². The van der Waals surface area contributed by atoms with E-state index in [0.29, 0.717) is 21.8 Å². The molecule has 2 rings (SSSR count). The number of halogens is 4. The Kier molecular flexibility index (Phi) is 5.57. The van der Waals surface area contributed by atoms with E-state index in [4.69, 9.17) is 23.2 Å². The molecule has 0 bridgehead atoms. The average Bonchev–Trinajstić information content (AvgIpc) is 2.46. The molecular weight excluding hydrogens is 333 g/mol. The molecule has 3 nitrogen and oxygen atoms in total. The number of amides is 1. The van der Waals surface area contributed by atoms with Gasteiger partial charge < -0.3 is 10.6 Å². The molecule has 0 aromatic heterocycles. The lowest BCUT2D eigenvalue weighted by Gasteiger charge is -2.10. The standard InChI is InChI=1S/C15H12Cl2F2N2O/c16-10-2-1-3-13(15(10)17)20-7-6-14(22)21-12-5-4-9(18)8-11(12)19/h1-5,8,20H,6-7H2,(H,21,22). The summed E-state index contributed by atoms with van der Waals surface area (Å²) in [6.07, 6.45) is 0.0830. The Bertz CT molecular complexity index is 695. The van der Waals surface area contributed by atoms with Gasteiger partial charge in [-0.2, -0.15) is 0 Å². The highest BCUT2D eigenvalue weighted by molar-refractivity contribution is 6.43. The maximum Gasteiger partial charge on any atom is 0.226 e. The highest BCUT2D eigenvalue weighted by Gasteiger charge is 2.09. The summed E-state index contributed by atoms with van der Waals surface area (Å²) in [5, 5.41) is 6.11. The first kappa shape index (κ1) is 16.5. The molecule has 0 unspecified atom stereocenters. The third-order valence-corrected chi connectivity index (χ3v) is 3.64. The number of carbonyl (C=O) groups excluding carboxylic acids is 1. The monoisotopic (exact) mass is 344 g/mol. The molecule has 0 saturated heterocycles. The summed E-state index contributed by atoms with van der Waals surface area (Å²) in [5.74, 6) is -1.93. The molecule has 0 saturated carbocycles. The lowest BCUT2D eigenvalue weighted by Crippen LogP contribution is -2.17. The number of anilines is 2. The molecule has 0 aliphatic rings. The Morgan fingerprint density at radius 3 is 2.59 bits per heavy atom. The number of hydrogen-bond donors (Lipinski definition) is 2. The van der Waals surface area contributed by atoms with Crippen LogP contribution in [-0.2, 0) is 4.79 Å². The third kappa shape index (κ3) is 4.32. The first-order valence-corrected chi connectivity index (χ1v) is 7.16. The molecule has 0 heterocycles. The van der Waals surface area contributed by atoms with Crippen LogP contribution in [0.4, 0.5) is 20.2 Å². The van der Waals surface area contributed by atoms with Crippen LogP contribution >= 0.6 is 23.2 Å². The first-order chi connectivity index (χ1) is 10.5. The Labute approximate surface area is 136 Å². The number of carbonyl (C=O) groups is 1. The van der Waals surface area contributed by atoms with Crippen molar-refractivity contribution in [3.63, 3.8) is 0 Å². The van der Waals surface area contributed by atoms with Gasteiger partial charge in [-0.05, 0) is 24.3 Å². The van der Waals surface area contributed by atoms with E-state index < -0.39 is 17.5 Å². The van der Waals surface area contributed by atoms with Crippen LogP contribution in [0.15, 0.2) is 36.4 Å². The van der Waals surface area contributed by atoms with E-state index in [1.807, 2.05) is 0 Å². The molecule has 22 heavy (non-hydrogen) atoms. The molecule has 0 fully saturated rings. The van der Waals surface area contributed by atoms with Crippen molar-refractivity contribution in [1.29, 1.82) is 0 Å². The van der Waals surface area contributed by atoms with Crippen molar-refractivity contribution in [2.75, 3.05) is 17.2 Å². The van der Waals surface area contributed by atoms with E-state index in [0.717, 1.165) is 6.07 Å². The molecule has 0 aliphatic heterocycles. The van der Waals surface area contributed by atoms with Crippen LogP contribution < -0.4 is 10.6 Å². The normalized spacial score (nSPS) is 10.4. The second kappa shape index (κ2) is 7.42. The summed E-state index contributed by atoms with van der Waals surface area (Å²) in [6, 6.07) is 8.06. The summed E-state index contributed by atoms with van der Waals surface area (Å²) in [7, 11) is 0. The molecule has 7 heteroatoms.